The van der Waals surface area contributed by atoms with Crippen molar-refractivity contribution in [1.29, 1.82) is 0 Å². The standard InChI is InChI=1S/C32H26ClNO4/c1-21-18-25(33)16-17-26(21)31(35)34(27(32(36)37)19-22-10-4-2-5-11-22)30(23-12-6-3-7-13-23)29-20-24-14-8-9-15-28(24)38-29/h2-18,20,27,30H,19H2,1H3,(H,36,37)/t27-,30?/m0/s1. The van der Waals surface area contributed by atoms with Gasteiger partial charge in [-0.25, -0.2) is 4.79 Å². The van der Waals surface area contributed by atoms with Crippen LogP contribution in [0, 0.1) is 6.92 Å². The molecule has 1 amide bonds. The van der Waals surface area contributed by atoms with Crippen LogP contribution in [-0.2, 0) is 11.2 Å². The van der Waals surface area contributed by atoms with Gasteiger partial charge >= 0.3 is 5.97 Å². The SMILES string of the molecule is Cc1cc(Cl)ccc1C(=O)N(C(c1ccccc1)c1cc2ccccc2o1)[C@@H](Cc1ccccc1)C(=O)O. The molecule has 1 unspecified atom stereocenters. The van der Waals surface area contributed by atoms with Crippen LogP contribution in [-0.4, -0.2) is 27.9 Å². The minimum absolute atomic E-state index is 0.123. The van der Waals surface area contributed by atoms with E-state index in [0.29, 0.717) is 27.5 Å². The molecular weight excluding hydrogens is 498 g/mol. The minimum atomic E-state index is -1.18. The van der Waals surface area contributed by atoms with Crippen molar-refractivity contribution in [2.75, 3.05) is 0 Å². The van der Waals surface area contributed by atoms with Crippen molar-refractivity contribution in [3.8, 4) is 0 Å². The molecule has 2 atom stereocenters. The number of hydrogen-bond donors (Lipinski definition) is 1. The highest BCUT2D eigenvalue weighted by atomic mass is 35.5. The molecular formula is C32H26ClNO4. The lowest BCUT2D eigenvalue weighted by molar-refractivity contribution is -0.143. The van der Waals surface area contributed by atoms with Gasteiger partial charge < -0.3 is 14.4 Å². The zero-order chi connectivity index (χ0) is 26.6. The van der Waals surface area contributed by atoms with Gasteiger partial charge in [-0.15, -0.1) is 0 Å². The fraction of sp³-hybridized carbons (Fsp3) is 0.125. The maximum atomic E-state index is 14.4. The number of hydrogen-bond acceptors (Lipinski definition) is 3. The molecule has 6 heteroatoms. The zero-order valence-electron chi connectivity index (χ0n) is 20.8. The maximum absolute atomic E-state index is 14.4. The zero-order valence-corrected chi connectivity index (χ0v) is 21.5. The number of rotatable bonds is 8. The van der Waals surface area contributed by atoms with E-state index in [1.54, 1.807) is 25.1 Å². The molecule has 0 aliphatic rings. The van der Waals surface area contributed by atoms with E-state index in [4.69, 9.17) is 16.0 Å². The second kappa shape index (κ2) is 11.0. The monoisotopic (exact) mass is 523 g/mol. The number of amides is 1. The number of para-hydroxylation sites is 1. The highest BCUT2D eigenvalue weighted by Crippen LogP contribution is 2.36. The van der Waals surface area contributed by atoms with Crippen molar-refractivity contribution in [2.24, 2.45) is 0 Å². The third-order valence-electron chi connectivity index (χ3n) is 6.65. The highest BCUT2D eigenvalue weighted by molar-refractivity contribution is 6.30. The van der Waals surface area contributed by atoms with Crippen LogP contribution in [0.2, 0.25) is 5.02 Å². The largest absolute Gasteiger partial charge is 0.480 e. The molecule has 190 valence electrons. The van der Waals surface area contributed by atoms with Gasteiger partial charge in [0.05, 0.1) is 0 Å². The molecule has 5 aromatic rings. The first kappa shape index (κ1) is 25.3. The average molecular weight is 524 g/mol. The van der Waals surface area contributed by atoms with Crippen LogP contribution < -0.4 is 0 Å². The number of carboxylic acid groups (broad SMARTS) is 1. The Labute approximate surface area is 225 Å². The molecule has 1 aromatic heterocycles. The predicted octanol–water partition coefficient (Wildman–Crippen LogP) is 7.32. The minimum Gasteiger partial charge on any atom is -0.480 e. The Morgan fingerprint density at radius 1 is 0.868 bits per heavy atom. The number of benzene rings is 4. The number of aliphatic carboxylic acids is 1. The molecule has 0 fully saturated rings. The Balaban J connectivity index is 1.73. The molecule has 0 aliphatic heterocycles. The summed E-state index contributed by atoms with van der Waals surface area (Å²) in [6.45, 7) is 1.79. The number of nitrogens with zero attached hydrogens (tertiary/aromatic N) is 1. The molecule has 0 saturated heterocycles. The molecule has 0 radical (unpaired) electrons. The summed E-state index contributed by atoms with van der Waals surface area (Å²) < 4.78 is 6.27. The van der Waals surface area contributed by atoms with Crippen LogP contribution in [0.3, 0.4) is 0 Å². The molecule has 0 spiro atoms. The van der Waals surface area contributed by atoms with E-state index < -0.39 is 24.0 Å². The van der Waals surface area contributed by atoms with Crippen molar-refractivity contribution in [1.82, 2.24) is 4.90 Å². The second-order valence-electron chi connectivity index (χ2n) is 9.22. The van der Waals surface area contributed by atoms with E-state index in [-0.39, 0.29) is 6.42 Å². The van der Waals surface area contributed by atoms with Gasteiger partial charge in [0.25, 0.3) is 5.91 Å². The normalized spacial score (nSPS) is 12.7. The number of carbonyl (C=O) groups is 2. The third-order valence-corrected chi connectivity index (χ3v) is 6.89. The summed E-state index contributed by atoms with van der Waals surface area (Å²) in [6.07, 6.45) is 0.123. The smallest absolute Gasteiger partial charge is 0.326 e. The highest BCUT2D eigenvalue weighted by Gasteiger charge is 2.39. The number of carbonyl (C=O) groups excluding carboxylic acids is 1. The third kappa shape index (κ3) is 5.20. The summed E-state index contributed by atoms with van der Waals surface area (Å²) in [5.41, 5.74) is 3.25. The van der Waals surface area contributed by atoms with E-state index in [1.807, 2.05) is 91.0 Å². The van der Waals surface area contributed by atoms with Gasteiger partial charge in [-0.3, -0.25) is 4.79 Å². The van der Waals surface area contributed by atoms with Crippen LogP contribution in [0.15, 0.2) is 114 Å². The van der Waals surface area contributed by atoms with Crippen molar-refractivity contribution in [2.45, 2.75) is 25.4 Å². The van der Waals surface area contributed by atoms with Gasteiger partial charge in [0.15, 0.2) is 0 Å². The summed E-state index contributed by atoms with van der Waals surface area (Å²) in [7, 11) is 0. The number of fused-ring (bicyclic) bond motifs is 1. The van der Waals surface area contributed by atoms with Gasteiger partial charge in [0.1, 0.15) is 23.4 Å². The molecule has 1 heterocycles. The van der Waals surface area contributed by atoms with Gasteiger partial charge in [-0.2, -0.15) is 0 Å². The summed E-state index contributed by atoms with van der Waals surface area (Å²) in [6, 6.07) is 31.2. The van der Waals surface area contributed by atoms with Crippen LogP contribution >= 0.6 is 11.6 Å². The van der Waals surface area contributed by atoms with Gasteiger partial charge in [0, 0.05) is 22.4 Å². The number of aryl methyl sites for hydroxylation is 1. The average Bonchev–Trinajstić information content (AvgIpc) is 3.35. The maximum Gasteiger partial charge on any atom is 0.326 e. The van der Waals surface area contributed by atoms with E-state index in [1.165, 1.54) is 4.90 Å². The summed E-state index contributed by atoms with van der Waals surface area (Å²) in [5, 5.41) is 11.9. The molecule has 38 heavy (non-hydrogen) atoms. The molecule has 0 bridgehead atoms. The Kier molecular flexibility index (Phi) is 7.29. The number of carboxylic acids is 1. The first-order valence-electron chi connectivity index (χ1n) is 12.3. The lowest BCUT2D eigenvalue weighted by Gasteiger charge is -2.36. The molecule has 4 aromatic carbocycles. The van der Waals surface area contributed by atoms with E-state index >= 15 is 0 Å². The number of halogens is 1. The van der Waals surface area contributed by atoms with E-state index in [2.05, 4.69) is 0 Å². The Hall–Kier alpha value is -4.35. The predicted molar refractivity (Wildman–Crippen MR) is 148 cm³/mol. The fourth-order valence-electron chi connectivity index (χ4n) is 4.82. The van der Waals surface area contributed by atoms with Crippen molar-refractivity contribution in [3.05, 3.63) is 142 Å². The topological polar surface area (TPSA) is 70.8 Å². The van der Waals surface area contributed by atoms with Gasteiger partial charge in [0.2, 0.25) is 0 Å². The number of furan rings is 1. The van der Waals surface area contributed by atoms with Crippen LogP contribution in [0.25, 0.3) is 11.0 Å². The summed E-state index contributed by atoms with van der Waals surface area (Å²) in [5.74, 6) is -1.04. The second-order valence-corrected chi connectivity index (χ2v) is 9.65. The Morgan fingerprint density at radius 3 is 2.18 bits per heavy atom. The molecule has 5 nitrogen and oxygen atoms in total. The van der Waals surface area contributed by atoms with Crippen LogP contribution in [0.1, 0.15) is 38.9 Å². The quantitative estimate of drug-likeness (QED) is 0.231. The summed E-state index contributed by atoms with van der Waals surface area (Å²) >= 11 is 6.19. The first-order chi connectivity index (χ1) is 18.4. The van der Waals surface area contributed by atoms with Gasteiger partial charge in [-0.05, 0) is 53.9 Å². The van der Waals surface area contributed by atoms with Crippen molar-refractivity contribution < 1.29 is 19.1 Å². The Morgan fingerprint density at radius 2 is 1.53 bits per heavy atom. The van der Waals surface area contributed by atoms with Crippen molar-refractivity contribution >= 4 is 34.4 Å². The summed E-state index contributed by atoms with van der Waals surface area (Å²) in [4.78, 5) is 28.8. The Bertz CT molecular complexity index is 1550. The fourth-order valence-corrected chi connectivity index (χ4v) is 5.05. The van der Waals surface area contributed by atoms with Crippen LogP contribution in [0.4, 0.5) is 0 Å². The van der Waals surface area contributed by atoms with Crippen molar-refractivity contribution in [3.63, 3.8) is 0 Å². The lowest BCUT2D eigenvalue weighted by atomic mass is 9.95. The van der Waals surface area contributed by atoms with Gasteiger partial charge in [-0.1, -0.05) is 90.5 Å². The van der Waals surface area contributed by atoms with E-state index in [9.17, 15) is 14.7 Å². The molecule has 0 aliphatic carbocycles. The molecule has 0 saturated carbocycles. The lowest BCUT2D eigenvalue weighted by Crippen LogP contribution is -2.48. The molecule has 5 rings (SSSR count). The molecule has 1 N–H and O–H groups in total. The van der Waals surface area contributed by atoms with Crippen LogP contribution in [0.5, 0.6) is 0 Å². The van der Waals surface area contributed by atoms with E-state index in [0.717, 1.165) is 16.5 Å². The first-order valence-corrected chi connectivity index (χ1v) is 12.7.